The van der Waals surface area contributed by atoms with Crippen molar-refractivity contribution in [3.05, 3.63) is 46.6 Å². The second kappa shape index (κ2) is 5.74. The topological polar surface area (TPSA) is 52.1 Å². The quantitative estimate of drug-likeness (QED) is 0.662. The van der Waals surface area contributed by atoms with E-state index >= 15 is 0 Å². The molecule has 1 aliphatic carbocycles. The lowest BCUT2D eigenvalue weighted by Gasteiger charge is -2.12. The minimum atomic E-state index is 0.0490. The predicted octanol–water partition coefficient (Wildman–Crippen LogP) is 4.57. The van der Waals surface area contributed by atoms with E-state index in [9.17, 15) is 4.79 Å². The van der Waals surface area contributed by atoms with E-state index in [1.54, 1.807) is 36.7 Å². The van der Waals surface area contributed by atoms with Crippen LogP contribution in [0.25, 0.3) is 10.2 Å². The Morgan fingerprint density at radius 2 is 1.91 bits per heavy atom. The first-order chi connectivity index (χ1) is 11.2. The highest BCUT2D eigenvalue weighted by Gasteiger charge is 2.20. The van der Waals surface area contributed by atoms with Crippen molar-refractivity contribution < 1.29 is 9.53 Å². The number of ketones is 1. The Morgan fingerprint density at radius 1 is 1.13 bits per heavy atom. The number of hydrogen-bond acceptors (Lipinski definition) is 5. The van der Waals surface area contributed by atoms with Gasteiger partial charge in [0.25, 0.3) is 0 Å². The minimum absolute atomic E-state index is 0.0490. The van der Waals surface area contributed by atoms with Crippen LogP contribution in [0.1, 0.15) is 40.6 Å². The number of aromatic nitrogens is 2. The summed E-state index contributed by atoms with van der Waals surface area (Å²) in [6.45, 7) is 1.56. The summed E-state index contributed by atoms with van der Waals surface area (Å²) in [5, 5.41) is 1.06. The van der Waals surface area contributed by atoms with Gasteiger partial charge in [0.05, 0.1) is 5.39 Å². The van der Waals surface area contributed by atoms with Crippen LogP contribution in [0.15, 0.2) is 30.6 Å². The summed E-state index contributed by atoms with van der Waals surface area (Å²) in [5.41, 5.74) is 2.03. The smallest absolute Gasteiger partial charge is 0.231 e. The highest BCUT2D eigenvalue weighted by Crippen LogP contribution is 2.40. The number of hydrogen-bond donors (Lipinski definition) is 0. The zero-order valence-corrected chi connectivity index (χ0v) is 13.7. The second-order valence-corrected chi connectivity index (χ2v) is 6.84. The average Bonchev–Trinajstić information content (AvgIpc) is 2.95. The van der Waals surface area contributed by atoms with Crippen molar-refractivity contribution in [3.8, 4) is 11.6 Å². The van der Waals surface area contributed by atoms with Crippen LogP contribution in [-0.2, 0) is 12.8 Å². The fraction of sp³-hybridized carbons (Fsp3) is 0.278. The molecule has 0 saturated carbocycles. The van der Waals surface area contributed by atoms with Gasteiger partial charge in [-0.05, 0) is 62.4 Å². The summed E-state index contributed by atoms with van der Waals surface area (Å²) < 4.78 is 6.00. The Balaban J connectivity index is 1.74. The van der Waals surface area contributed by atoms with E-state index in [4.69, 9.17) is 4.74 Å². The summed E-state index contributed by atoms with van der Waals surface area (Å²) in [6, 6.07) is 7.17. The van der Waals surface area contributed by atoms with E-state index < -0.39 is 0 Å². The molecule has 0 amide bonds. The molecule has 0 spiro atoms. The fourth-order valence-electron chi connectivity index (χ4n) is 3.01. The standard InChI is InChI=1S/C18H16N2O2S/c1-11(21)12-6-8-13(9-7-12)22-17-16-14-4-2-3-5-15(14)23-18(16)20-10-19-17/h6-10H,2-5H2,1H3. The molecule has 0 saturated heterocycles. The summed E-state index contributed by atoms with van der Waals surface area (Å²) in [4.78, 5) is 22.5. The zero-order valence-electron chi connectivity index (χ0n) is 12.8. The number of benzene rings is 1. The van der Waals surface area contributed by atoms with Gasteiger partial charge in [-0.15, -0.1) is 11.3 Å². The summed E-state index contributed by atoms with van der Waals surface area (Å²) in [6.07, 6.45) is 6.21. The van der Waals surface area contributed by atoms with E-state index in [-0.39, 0.29) is 5.78 Å². The van der Waals surface area contributed by atoms with Crippen LogP contribution in [0.4, 0.5) is 0 Å². The Labute approximate surface area is 138 Å². The van der Waals surface area contributed by atoms with E-state index in [0.717, 1.165) is 23.1 Å². The second-order valence-electron chi connectivity index (χ2n) is 5.75. The lowest BCUT2D eigenvalue weighted by Crippen LogP contribution is -1.99. The van der Waals surface area contributed by atoms with Crippen LogP contribution in [-0.4, -0.2) is 15.8 Å². The monoisotopic (exact) mass is 324 g/mol. The van der Waals surface area contributed by atoms with Crippen LogP contribution >= 0.6 is 11.3 Å². The van der Waals surface area contributed by atoms with Crippen molar-refractivity contribution in [1.82, 2.24) is 9.97 Å². The van der Waals surface area contributed by atoms with Crippen LogP contribution in [0, 0.1) is 0 Å². The summed E-state index contributed by atoms with van der Waals surface area (Å²) in [7, 11) is 0. The van der Waals surface area contributed by atoms with Gasteiger partial charge in [-0.25, -0.2) is 9.97 Å². The third-order valence-electron chi connectivity index (χ3n) is 4.19. The van der Waals surface area contributed by atoms with Gasteiger partial charge in [0.1, 0.15) is 16.9 Å². The van der Waals surface area contributed by atoms with Gasteiger partial charge >= 0.3 is 0 Å². The maximum Gasteiger partial charge on any atom is 0.231 e. The number of aryl methyl sites for hydroxylation is 2. The molecule has 0 fully saturated rings. The maximum atomic E-state index is 11.4. The summed E-state index contributed by atoms with van der Waals surface area (Å²) >= 11 is 1.76. The number of nitrogens with zero attached hydrogens (tertiary/aromatic N) is 2. The van der Waals surface area contributed by atoms with E-state index in [0.29, 0.717) is 17.2 Å². The van der Waals surface area contributed by atoms with Gasteiger partial charge in [0, 0.05) is 10.4 Å². The molecule has 5 heteroatoms. The molecule has 2 aromatic heterocycles. The first-order valence-corrected chi connectivity index (χ1v) is 8.58. The molecule has 3 aromatic rings. The molecule has 116 valence electrons. The minimum Gasteiger partial charge on any atom is -0.438 e. The molecule has 0 bridgehead atoms. The van der Waals surface area contributed by atoms with Gasteiger partial charge in [0.15, 0.2) is 5.78 Å². The number of thiophene rings is 1. The molecule has 4 nitrogen and oxygen atoms in total. The Bertz CT molecular complexity index is 884. The molecule has 0 aliphatic heterocycles. The predicted molar refractivity (Wildman–Crippen MR) is 90.6 cm³/mol. The van der Waals surface area contributed by atoms with Gasteiger partial charge in [-0.2, -0.15) is 0 Å². The molecule has 1 aliphatic rings. The van der Waals surface area contributed by atoms with Crippen molar-refractivity contribution in [2.45, 2.75) is 32.6 Å². The van der Waals surface area contributed by atoms with Gasteiger partial charge in [-0.1, -0.05) is 0 Å². The number of ether oxygens (including phenoxy) is 1. The van der Waals surface area contributed by atoms with Gasteiger partial charge in [-0.3, -0.25) is 4.79 Å². The average molecular weight is 324 g/mol. The van der Waals surface area contributed by atoms with Crippen molar-refractivity contribution in [1.29, 1.82) is 0 Å². The molecule has 23 heavy (non-hydrogen) atoms. The molecule has 0 radical (unpaired) electrons. The molecule has 1 aromatic carbocycles. The number of carbonyl (C=O) groups is 1. The largest absolute Gasteiger partial charge is 0.438 e. The van der Waals surface area contributed by atoms with Crippen molar-refractivity contribution in [2.24, 2.45) is 0 Å². The van der Waals surface area contributed by atoms with Crippen LogP contribution < -0.4 is 4.74 Å². The zero-order chi connectivity index (χ0) is 15.8. The first kappa shape index (κ1) is 14.3. The Morgan fingerprint density at radius 3 is 2.70 bits per heavy atom. The molecule has 0 atom stereocenters. The highest BCUT2D eigenvalue weighted by atomic mass is 32.1. The molecular formula is C18H16N2O2S. The normalized spacial score (nSPS) is 13.8. The highest BCUT2D eigenvalue weighted by molar-refractivity contribution is 7.18. The third kappa shape index (κ3) is 2.61. The molecular weight excluding hydrogens is 308 g/mol. The Kier molecular flexibility index (Phi) is 3.58. The van der Waals surface area contributed by atoms with Gasteiger partial charge < -0.3 is 4.74 Å². The van der Waals surface area contributed by atoms with Gasteiger partial charge in [0.2, 0.25) is 5.88 Å². The van der Waals surface area contributed by atoms with Crippen molar-refractivity contribution in [3.63, 3.8) is 0 Å². The third-order valence-corrected chi connectivity index (χ3v) is 5.39. The number of carbonyl (C=O) groups excluding carboxylic acids is 1. The number of fused-ring (bicyclic) bond motifs is 3. The fourth-order valence-corrected chi connectivity index (χ4v) is 4.23. The summed E-state index contributed by atoms with van der Waals surface area (Å²) in [5.74, 6) is 1.35. The Hall–Kier alpha value is -2.27. The first-order valence-electron chi connectivity index (χ1n) is 7.76. The van der Waals surface area contributed by atoms with Crippen molar-refractivity contribution in [2.75, 3.05) is 0 Å². The SMILES string of the molecule is CC(=O)c1ccc(Oc2ncnc3sc4c(c23)CCCC4)cc1. The lowest BCUT2D eigenvalue weighted by atomic mass is 9.97. The van der Waals surface area contributed by atoms with E-state index in [1.165, 1.54) is 23.3 Å². The number of rotatable bonds is 3. The number of Topliss-reactive ketones (excluding diaryl/α,β-unsaturated/α-hetero) is 1. The lowest BCUT2D eigenvalue weighted by molar-refractivity contribution is 0.101. The van der Waals surface area contributed by atoms with E-state index in [1.807, 2.05) is 12.1 Å². The maximum absolute atomic E-state index is 11.4. The molecule has 0 N–H and O–H groups in total. The molecule has 4 rings (SSSR count). The van der Waals surface area contributed by atoms with Crippen molar-refractivity contribution >= 4 is 27.3 Å². The molecule has 2 heterocycles. The molecule has 0 unspecified atom stereocenters. The van der Waals surface area contributed by atoms with Crippen LogP contribution in [0.3, 0.4) is 0 Å². The van der Waals surface area contributed by atoms with E-state index in [2.05, 4.69) is 9.97 Å². The van der Waals surface area contributed by atoms with Crippen LogP contribution in [0.2, 0.25) is 0 Å². The van der Waals surface area contributed by atoms with Crippen LogP contribution in [0.5, 0.6) is 11.6 Å².